The summed E-state index contributed by atoms with van der Waals surface area (Å²) in [6.07, 6.45) is 3.34. The summed E-state index contributed by atoms with van der Waals surface area (Å²) in [7, 11) is 1.36. The van der Waals surface area contributed by atoms with Gasteiger partial charge >= 0.3 is 5.97 Å². The molecule has 2 aromatic heterocycles. The van der Waals surface area contributed by atoms with Crippen molar-refractivity contribution >= 4 is 11.6 Å². The highest BCUT2D eigenvalue weighted by atomic mass is 16.5. The average molecular weight is 263 g/mol. The smallest absolute Gasteiger partial charge is 0.339 e. The van der Waals surface area contributed by atoms with Crippen LogP contribution in [0.15, 0.2) is 18.3 Å². The van der Waals surface area contributed by atoms with Crippen molar-refractivity contribution in [2.45, 2.75) is 19.8 Å². The molecular weight excluding hydrogens is 246 g/mol. The molecule has 0 spiro atoms. The average Bonchev–Trinajstić information content (AvgIpc) is 2.85. The molecule has 2 aromatic rings. The van der Waals surface area contributed by atoms with Gasteiger partial charge in [0.25, 0.3) is 0 Å². The van der Waals surface area contributed by atoms with E-state index in [1.807, 2.05) is 0 Å². The first-order valence-corrected chi connectivity index (χ1v) is 6.26. The SMILES string of the molecule is CCCOCCc1nnc2ccc(C(=O)OC)cn12. The summed E-state index contributed by atoms with van der Waals surface area (Å²) < 4.78 is 11.9. The fourth-order valence-electron chi connectivity index (χ4n) is 1.76. The minimum Gasteiger partial charge on any atom is -0.465 e. The topological polar surface area (TPSA) is 65.7 Å². The highest BCUT2D eigenvalue weighted by Crippen LogP contribution is 2.08. The van der Waals surface area contributed by atoms with E-state index >= 15 is 0 Å². The number of methoxy groups -OCH3 is 1. The third-order valence-electron chi connectivity index (χ3n) is 2.71. The predicted molar refractivity (Wildman–Crippen MR) is 69.1 cm³/mol. The molecule has 0 aliphatic rings. The maximum atomic E-state index is 11.5. The summed E-state index contributed by atoms with van der Waals surface area (Å²) in [4.78, 5) is 11.5. The highest BCUT2D eigenvalue weighted by Gasteiger charge is 2.10. The van der Waals surface area contributed by atoms with Crippen molar-refractivity contribution in [3.63, 3.8) is 0 Å². The predicted octanol–water partition coefficient (Wildman–Crippen LogP) is 1.49. The largest absolute Gasteiger partial charge is 0.465 e. The van der Waals surface area contributed by atoms with E-state index in [0.717, 1.165) is 18.9 Å². The van der Waals surface area contributed by atoms with Gasteiger partial charge in [-0.2, -0.15) is 0 Å². The second-order valence-electron chi connectivity index (χ2n) is 4.12. The van der Waals surface area contributed by atoms with Gasteiger partial charge in [0.2, 0.25) is 0 Å². The lowest BCUT2D eigenvalue weighted by atomic mass is 10.3. The van der Waals surface area contributed by atoms with Gasteiger partial charge in [-0.15, -0.1) is 10.2 Å². The monoisotopic (exact) mass is 263 g/mol. The highest BCUT2D eigenvalue weighted by molar-refractivity contribution is 5.89. The van der Waals surface area contributed by atoms with Crippen molar-refractivity contribution in [3.8, 4) is 0 Å². The number of ether oxygens (including phenoxy) is 2. The standard InChI is InChI=1S/C13H17N3O3/c1-3-7-19-8-6-12-15-14-11-5-4-10(9-16(11)12)13(17)18-2/h4-5,9H,3,6-8H2,1-2H3. The molecule has 2 heterocycles. The van der Waals surface area contributed by atoms with Gasteiger partial charge in [-0.05, 0) is 18.6 Å². The van der Waals surface area contributed by atoms with Crippen LogP contribution in [0.25, 0.3) is 5.65 Å². The van der Waals surface area contributed by atoms with Gasteiger partial charge in [0, 0.05) is 19.2 Å². The summed E-state index contributed by atoms with van der Waals surface area (Å²) in [5, 5.41) is 8.15. The summed E-state index contributed by atoms with van der Waals surface area (Å²) in [5.74, 6) is 0.403. The van der Waals surface area contributed by atoms with Crippen LogP contribution in [0.2, 0.25) is 0 Å². The van der Waals surface area contributed by atoms with E-state index in [0.29, 0.717) is 24.2 Å². The summed E-state index contributed by atoms with van der Waals surface area (Å²) in [6, 6.07) is 3.42. The molecule has 0 radical (unpaired) electrons. The fourth-order valence-corrected chi connectivity index (χ4v) is 1.76. The minimum absolute atomic E-state index is 0.371. The molecule has 0 aliphatic heterocycles. The molecule has 2 rings (SSSR count). The van der Waals surface area contributed by atoms with Gasteiger partial charge in [-0.3, -0.25) is 4.40 Å². The van der Waals surface area contributed by atoms with E-state index < -0.39 is 0 Å². The molecular formula is C13H17N3O3. The Morgan fingerprint density at radius 2 is 2.16 bits per heavy atom. The van der Waals surface area contributed by atoms with Crippen LogP contribution >= 0.6 is 0 Å². The van der Waals surface area contributed by atoms with Crippen molar-refractivity contribution in [2.75, 3.05) is 20.3 Å². The third kappa shape index (κ3) is 3.08. The quantitative estimate of drug-likeness (QED) is 0.583. The Morgan fingerprint density at radius 1 is 1.32 bits per heavy atom. The zero-order valence-corrected chi connectivity index (χ0v) is 11.1. The number of hydrogen-bond acceptors (Lipinski definition) is 5. The summed E-state index contributed by atoms with van der Waals surface area (Å²) in [5.41, 5.74) is 1.18. The van der Waals surface area contributed by atoms with Gasteiger partial charge in [0.1, 0.15) is 5.82 Å². The molecule has 0 amide bonds. The zero-order valence-electron chi connectivity index (χ0n) is 11.1. The van der Waals surface area contributed by atoms with Crippen molar-refractivity contribution in [3.05, 3.63) is 29.7 Å². The molecule has 0 saturated heterocycles. The van der Waals surface area contributed by atoms with Crippen LogP contribution in [0.5, 0.6) is 0 Å². The van der Waals surface area contributed by atoms with Crippen LogP contribution in [0.3, 0.4) is 0 Å². The molecule has 102 valence electrons. The molecule has 0 fully saturated rings. The molecule has 0 N–H and O–H groups in total. The lowest BCUT2D eigenvalue weighted by Crippen LogP contribution is -2.06. The second-order valence-corrected chi connectivity index (χ2v) is 4.12. The number of carbonyl (C=O) groups excluding carboxylic acids is 1. The first-order valence-electron chi connectivity index (χ1n) is 6.26. The molecule has 0 saturated carbocycles. The maximum absolute atomic E-state index is 11.5. The molecule has 0 aliphatic carbocycles. The van der Waals surface area contributed by atoms with Gasteiger partial charge in [0.15, 0.2) is 5.65 Å². The normalized spacial score (nSPS) is 10.8. The Morgan fingerprint density at radius 3 is 2.89 bits per heavy atom. The van der Waals surface area contributed by atoms with Gasteiger partial charge in [0.05, 0.1) is 19.3 Å². The molecule has 0 bridgehead atoms. The van der Waals surface area contributed by atoms with Crippen LogP contribution < -0.4 is 0 Å². The van der Waals surface area contributed by atoms with Gasteiger partial charge in [-0.25, -0.2) is 4.79 Å². The summed E-state index contributed by atoms with van der Waals surface area (Å²) in [6.45, 7) is 3.40. The molecule has 0 atom stereocenters. The van der Waals surface area contributed by atoms with E-state index in [-0.39, 0.29) is 5.97 Å². The Balaban J connectivity index is 2.17. The third-order valence-corrected chi connectivity index (χ3v) is 2.71. The number of fused-ring (bicyclic) bond motifs is 1. The molecule has 0 aromatic carbocycles. The van der Waals surface area contributed by atoms with Crippen LogP contribution in [0.4, 0.5) is 0 Å². The van der Waals surface area contributed by atoms with Crippen LogP contribution in [-0.4, -0.2) is 40.9 Å². The number of pyridine rings is 1. The van der Waals surface area contributed by atoms with Gasteiger partial charge < -0.3 is 9.47 Å². The Bertz CT molecular complexity index is 565. The van der Waals surface area contributed by atoms with E-state index in [1.54, 1.807) is 22.7 Å². The molecule has 6 nitrogen and oxygen atoms in total. The Hall–Kier alpha value is -1.95. The molecule has 0 unspecified atom stereocenters. The van der Waals surface area contributed by atoms with E-state index in [2.05, 4.69) is 17.1 Å². The van der Waals surface area contributed by atoms with E-state index in [9.17, 15) is 4.79 Å². The Kier molecular flexibility index (Phi) is 4.46. The van der Waals surface area contributed by atoms with Crippen LogP contribution in [0.1, 0.15) is 29.5 Å². The maximum Gasteiger partial charge on any atom is 0.339 e. The summed E-state index contributed by atoms with van der Waals surface area (Å²) >= 11 is 0. The number of rotatable bonds is 6. The first-order chi connectivity index (χ1) is 9.26. The lowest BCUT2D eigenvalue weighted by molar-refractivity contribution is 0.0600. The number of aromatic nitrogens is 3. The molecule has 6 heteroatoms. The Labute approximate surface area is 111 Å². The lowest BCUT2D eigenvalue weighted by Gasteiger charge is -2.03. The number of carbonyl (C=O) groups is 1. The van der Waals surface area contributed by atoms with Crippen molar-refractivity contribution in [2.24, 2.45) is 0 Å². The van der Waals surface area contributed by atoms with Crippen molar-refractivity contribution in [1.82, 2.24) is 14.6 Å². The first kappa shape index (κ1) is 13.5. The van der Waals surface area contributed by atoms with Gasteiger partial charge in [-0.1, -0.05) is 6.92 Å². The number of nitrogens with zero attached hydrogens (tertiary/aromatic N) is 3. The van der Waals surface area contributed by atoms with Crippen LogP contribution in [-0.2, 0) is 15.9 Å². The van der Waals surface area contributed by atoms with Crippen LogP contribution in [0, 0.1) is 0 Å². The zero-order chi connectivity index (χ0) is 13.7. The minimum atomic E-state index is -0.371. The van der Waals surface area contributed by atoms with E-state index in [4.69, 9.17) is 9.47 Å². The number of hydrogen-bond donors (Lipinski definition) is 0. The van der Waals surface area contributed by atoms with Crippen molar-refractivity contribution < 1.29 is 14.3 Å². The van der Waals surface area contributed by atoms with Crippen molar-refractivity contribution in [1.29, 1.82) is 0 Å². The fraction of sp³-hybridized carbons (Fsp3) is 0.462. The van der Waals surface area contributed by atoms with E-state index in [1.165, 1.54) is 7.11 Å². The molecule has 19 heavy (non-hydrogen) atoms. The second kappa shape index (κ2) is 6.29. The number of esters is 1.